The Hall–Kier alpha value is -2.87. The molecular formula is C21H24N4O3S. The summed E-state index contributed by atoms with van der Waals surface area (Å²) >= 11 is 1.71. The number of furan rings is 1. The fraction of sp³-hybridized carbons (Fsp3) is 0.381. The van der Waals surface area contributed by atoms with Crippen LogP contribution in [0.15, 0.2) is 47.1 Å². The van der Waals surface area contributed by atoms with Crippen molar-refractivity contribution >= 4 is 33.5 Å². The van der Waals surface area contributed by atoms with E-state index < -0.39 is 0 Å². The predicted octanol–water partition coefficient (Wildman–Crippen LogP) is 3.43. The molecule has 8 heteroatoms. The third-order valence-corrected chi connectivity index (χ3v) is 6.14. The first kappa shape index (κ1) is 19.4. The molecule has 152 valence electrons. The average molecular weight is 413 g/mol. The molecular weight excluding hydrogens is 388 g/mol. The number of nitrogens with one attached hydrogen (secondary N) is 2. The molecule has 3 amide bonds. The standard InChI is InChI=1S/C21H24N4O3S/c26-20(17-6-4-14-28-17)25-12-9-15(10-13-25)23-21(27)22-11-3-8-19-24-16-5-1-2-7-18(16)29-19/h1-2,4-7,14-15H,3,8-13H2,(H2,22,23,27). The molecule has 7 nitrogen and oxygen atoms in total. The highest BCUT2D eigenvalue weighted by molar-refractivity contribution is 7.18. The Balaban J connectivity index is 1.14. The van der Waals surface area contributed by atoms with Crippen molar-refractivity contribution < 1.29 is 14.0 Å². The van der Waals surface area contributed by atoms with Gasteiger partial charge in [-0.3, -0.25) is 4.79 Å². The summed E-state index contributed by atoms with van der Waals surface area (Å²) in [5.74, 6) is 0.273. The molecule has 2 N–H and O–H groups in total. The first-order valence-electron chi connectivity index (χ1n) is 9.90. The summed E-state index contributed by atoms with van der Waals surface area (Å²) in [5.41, 5.74) is 1.04. The molecule has 1 aromatic carbocycles. The van der Waals surface area contributed by atoms with Gasteiger partial charge in [0.2, 0.25) is 0 Å². The Bertz CT molecular complexity index is 928. The molecule has 3 heterocycles. The van der Waals surface area contributed by atoms with Crippen LogP contribution >= 0.6 is 11.3 Å². The number of thiazole rings is 1. The SMILES string of the molecule is O=C(NCCCc1nc2ccccc2s1)NC1CCN(C(=O)c2ccco2)CC1. The number of para-hydroxylation sites is 1. The number of likely N-dealkylation sites (tertiary alicyclic amines) is 1. The fourth-order valence-electron chi connectivity index (χ4n) is 3.49. The van der Waals surface area contributed by atoms with Crippen molar-refractivity contribution in [2.75, 3.05) is 19.6 Å². The Kier molecular flexibility index (Phi) is 6.09. The van der Waals surface area contributed by atoms with E-state index in [9.17, 15) is 9.59 Å². The van der Waals surface area contributed by atoms with Crippen molar-refractivity contribution in [2.45, 2.75) is 31.7 Å². The van der Waals surface area contributed by atoms with E-state index in [1.54, 1.807) is 28.4 Å². The molecule has 0 unspecified atom stereocenters. The summed E-state index contributed by atoms with van der Waals surface area (Å²) in [6.45, 7) is 1.84. The third kappa shape index (κ3) is 4.95. The van der Waals surface area contributed by atoms with Crippen molar-refractivity contribution in [3.05, 3.63) is 53.4 Å². The second-order valence-electron chi connectivity index (χ2n) is 7.12. The zero-order chi connectivity index (χ0) is 20.1. The quantitative estimate of drug-likeness (QED) is 0.607. The van der Waals surface area contributed by atoms with Crippen molar-refractivity contribution in [1.29, 1.82) is 0 Å². The molecule has 0 saturated carbocycles. The molecule has 1 fully saturated rings. The molecule has 29 heavy (non-hydrogen) atoms. The molecule has 1 saturated heterocycles. The van der Waals surface area contributed by atoms with Crippen LogP contribution < -0.4 is 10.6 Å². The highest BCUT2D eigenvalue weighted by atomic mass is 32.1. The summed E-state index contributed by atoms with van der Waals surface area (Å²) in [4.78, 5) is 30.8. The number of hydrogen-bond donors (Lipinski definition) is 2. The minimum Gasteiger partial charge on any atom is -0.459 e. The topological polar surface area (TPSA) is 87.5 Å². The van der Waals surface area contributed by atoms with Crippen LogP contribution in [0.5, 0.6) is 0 Å². The third-order valence-electron chi connectivity index (χ3n) is 5.04. The lowest BCUT2D eigenvalue weighted by atomic mass is 10.0. The molecule has 0 radical (unpaired) electrons. The number of aromatic nitrogens is 1. The average Bonchev–Trinajstić information content (AvgIpc) is 3.41. The van der Waals surface area contributed by atoms with Crippen molar-refractivity contribution in [2.24, 2.45) is 0 Å². The lowest BCUT2D eigenvalue weighted by Crippen LogP contribution is -2.49. The second-order valence-corrected chi connectivity index (χ2v) is 8.24. The fourth-order valence-corrected chi connectivity index (χ4v) is 4.50. The van der Waals surface area contributed by atoms with Gasteiger partial charge in [-0.05, 0) is 43.5 Å². The molecule has 0 spiro atoms. The number of aryl methyl sites for hydroxylation is 1. The summed E-state index contributed by atoms with van der Waals surface area (Å²) in [6.07, 6.45) is 4.69. The van der Waals surface area contributed by atoms with Gasteiger partial charge in [0, 0.05) is 32.1 Å². The number of nitrogens with zero attached hydrogens (tertiary/aromatic N) is 2. The van der Waals surface area contributed by atoms with E-state index in [-0.39, 0.29) is 18.0 Å². The largest absolute Gasteiger partial charge is 0.459 e. The number of urea groups is 1. The van der Waals surface area contributed by atoms with Crippen LogP contribution in [0.25, 0.3) is 10.2 Å². The number of piperidine rings is 1. The van der Waals surface area contributed by atoms with Gasteiger partial charge in [0.15, 0.2) is 5.76 Å². The lowest BCUT2D eigenvalue weighted by molar-refractivity contribution is 0.0676. The van der Waals surface area contributed by atoms with Gasteiger partial charge in [0.25, 0.3) is 5.91 Å². The molecule has 3 aromatic rings. The van der Waals surface area contributed by atoms with E-state index in [1.807, 2.05) is 18.2 Å². The van der Waals surface area contributed by atoms with Crippen LogP contribution in [0.3, 0.4) is 0 Å². The van der Waals surface area contributed by atoms with Gasteiger partial charge >= 0.3 is 6.03 Å². The molecule has 0 aliphatic carbocycles. The van der Waals surface area contributed by atoms with Gasteiger partial charge in [-0.1, -0.05) is 12.1 Å². The summed E-state index contributed by atoms with van der Waals surface area (Å²) in [6, 6.07) is 11.4. The Morgan fingerprint density at radius 1 is 1.17 bits per heavy atom. The van der Waals surface area contributed by atoms with Gasteiger partial charge in [0.05, 0.1) is 21.5 Å². The van der Waals surface area contributed by atoms with E-state index in [0.29, 0.717) is 25.4 Å². The lowest BCUT2D eigenvalue weighted by Gasteiger charge is -2.31. The molecule has 1 aliphatic rings. The van der Waals surface area contributed by atoms with Crippen LogP contribution in [0.2, 0.25) is 0 Å². The first-order valence-corrected chi connectivity index (χ1v) is 10.7. The van der Waals surface area contributed by atoms with Gasteiger partial charge in [-0.15, -0.1) is 11.3 Å². The number of hydrogen-bond acceptors (Lipinski definition) is 5. The highest BCUT2D eigenvalue weighted by Gasteiger charge is 2.25. The van der Waals surface area contributed by atoms with E-state index >= 15 is 0 Å². The molecule has 0 atom stereocenters. The summed E-state index contributed by atoms with van der Waals surface area (Å²) in [7, 11) is 0. The number of amides is 3. The maximum absolute atomic E-state index is 12.3. The normalized spacial score (nSPS) is 14.8. The van der Waals surface area contributed by atoms with Gasteiger partial charge < -0.3 is 20.0 Å². The van der Waals surface area contributed by atoms with Gasteiger partial charge in [-0.2, -0.15) is 0 Å². The Morgan fingerprint density at radius 2 is 2.00 bits per heavy atom. The van der Waals surface area contributed by atoms with Gasteiger partial charge in [0.1, 0.15) is 0 Å². The zero-order valence-corrected chi connectivity index (χ0v) is 16.9. The number of rotatable bonds is 6. The highest BCUT2D eigenvalue weighted by Crippen LogP contribution is 2.22. The maximum atomic E-state index is 12.3. The van der Waals surface area contributed by atoms with Crippen molar-refractivity contribution in [3.8, 4) is 0 Å². The summed E-state index contributed by atoms with van der Waals surface area (Å²) < 4.78 is 6.37. The molecule has 0 bridgehead atoms. The van der Waals surface area contributed by atoms with Crippen LogP contribution in [0.4, 0.5) is 4.79 Å². The smallest absolute Gasteiger partial charge is 0.315 e. The molecule has 1 aliphatic heterocycles. The van der Waals surface area contributed by atoms with Crippen LogP contribution in [0.1, 0.15) is 34.8 Å². The predicted molar refractivity (Wildman–Crippen MR) is 112 cm³/mol. The Morgan fingerprint density at radius 3 is 2.76 bits per heavy atom. The van der Waals surface area contributed by atoms with Crippen LogP contribution in [-0.2, 0) is 6.42 Å². The number of benzene rings is 1. The first-order chi connectivity index (χ1) is 14.2. The second kappa shape index (κ2) is 9.09. The zero-order valence-electron chi connectivity index (χ0n) is 16.1. The summed E-state index contributed by atoms with van der Waals surface area (Å²) in [5, 5.41) is 7.03. The number of fused-ring (bicyclic) bond motifs is 1. The van der Waals surface area contributed by atoms with E-state index in [2.05, 4.69) is 21.7 Å². The minimum atomic E-state index is -0.148. The van der Waals surface area contributed by atoms with E-state index in [1.165, 1.54) is 11.0 Å². The molecule has 2 aromatic heterocycles. The van der Waals surface area contributed by atoms with Gasteiger partial charge in [-0.25, -0.2) is 9.78 Å². The van der Waals surface area contributed by atoms with E-state index in [0.717, 1.165) is 36.2 Å². The van der Waals surface area contributed by atoms with Crippen LogP contribution in [-0.4, -0.2) is 47.5 Å². The minimum absolute atomic E-state index is 0.0833. The Labute approximate surface area is 173 Å². The molecule has 4 rings (SSSR count). The van der Waals surface area contributed by atoms with Crippen molar-refractivity contribution in [3.63, 3.8) is 0 Å². The maximum Gasteiger partial charge on any atom is 0.315 e. The van der Waals surface area contributed by atoms with E-state index in [4.69, 9.17) is 4.42 Å². The van der Waals surface area contributed by atoms with Crippen LogP contribution in [0, 0.1) is 0 Å². The number of carbonyl (C=O) groups excluding carboxylic acids is 2. The number of carbonyl (C=O) groups is 2. The monoisotopic (exact) mass is 412 g/mol. The van der Waals surface area contributed by atoms with Crippen molar-refractivity contribution in [1.82, 2.24) is 20.5 Å².